The standard InChI is InChI=1S/C23H22N2O4/c1-2-28-21-11-7-6-10-20(21)25-22(26)16-29-19-14-12-18(13-15-19)24-23(27)17-8-4-3-5-9-17/h3-15H,2,16H2,1H3,(H,24,27)(H,25,26). The van der Waals surface area contributed by atoms with Crippen molar-refractivity contribution in [2.24, 2.45) is 0 Å². The van der Waals surface area contributed by atoms with Gasteiger partial charge < -0.3 is 20.1 Å². The molecule has 148 valence electrons. The fourth-order valence-electron chi connectivity index (χ4n) is 2.61. The van der Waals surface area contributed by atoms with Gasteiger partial charge in [0.2, 0.25) is 0 Å². The molecule has 0 fully saturated rings. The first kappa shape index (κ1) is 19.9. The van der Waals surface area contributed by atoms with E-state index in [1.807, 2.05) is 37.3 Å². The van der Waals surface area contributed by atoms with Gasteiger partial charge in [-0.1, -0.05) is 30.3 Å². The molecule has 3 aromatic rings. The van der Waals surface area contributed by atoms with Crippen molar-refractivity contribution in [3.8, 4) is 11.5 Å². The minimum atomic E-state index is -0.293. The summed E-state index contributed by atoms with van der Waals surface area (Å²) in [4.78, 5) is 24.3. The highest BCUT2D eigenvalue weighted by Crippen LogP contribution is 2.23. The molecule has 0 bridgehead atoms. The fourth-order valence-corrected chi connectivity index (χ4v) is 2.61. The molecular weight excluding hydrogens is 368 g/mol. The number of ether oxygens (including phenoxy) is 2. The van der Waals surface area contributed by atoms with Crippen LogP contribution in [0.4, 0.5) is 11.4 Å². The Morgan fingerprint density at radius 3 is 2.21 bits per heavy atom. The van der Waals surface area contributed by atoms with Gasteiger partial charge in [0, 0.05) is 11.3 Å². The zero-order valence-electron chi connectivity index (χ0n) is 16.1. The third-order valence-electron chi connectivity index (χ3n) is 3.98. The molecule has 29 heavy (non-hydrogen) atoms. The van der Waals surface area contributed by atoms with Crippen LogP contribution in [0, 0.1) is 0 Å². The molecule has 0 spiro atoms. The summed E-state index contributed by atoms with van der Waals surface area (Å²) in [6.45, 7) is 2.25. The molecule has 2 amide bonds. The summed E-state index contributed by atoms with van der Waals surface area (Å²) >= 11 is 0. The maximum Gasteiger partial charge on any atom is 0.262 e. The van der Waals surface area contributed by atoms with E-state index in [4.69, 9.17) is 9.47 Å². The van der Waals surface area contributed by atoms with Gasteiger partial charge >= 0.3 is 0 Å². The second-order valence-corrected chi connectivity index (χ2v) is 6.11. The molecule has 3 aromatic carbocycles. The Hall–Kier alpha value is -3.80. The summed E-state index contributed by atoms with van der Waals surface area (Å²) in [6.07, 6.45) is 0. The number of para-hydroxylation sites is 2. The highest BCUT2D eigenvalue weighted by molar-refractivity contribution is 6.04. The van der Waals surface area contributed by atoms with Gasteiger partial charge in [0.05, 0.1) is 12.3 Å². The molecule has 0 saturated heterocycles. The number of amides is 2. The quantitative estimate of drug-likeness (QED) is 0.599. The first-order chi connectivity index (χ1) is 14.2. The van der Waals surface area contributed by atoms with Crippen molar-refractivity contribution in [2.75, 3.05) is 23.8 Å². The van der Waals surface area contributed by atoms with Gasteiger partial charge in [-0.2, -0.15) is 0 Å². The Labute approximate surface area is 169 Å². The van der Waals surface area contributed by atoms with Crippen LogP contribution in [0.2, 0.25) is 0 Å². The number of nitrogens with one attached hydrogen (secondary N) is 2. The minimum absolute atomic E-state index is 0.143. The van der Waals surface area contributed by atoms with Gasteiger partial charge in [-0.25, -0.2) is 0 Å². The normalized spacial score (nSPS) is 10.1. The van der Waals surface area contributed by atoms with Gasteiger partial charge in [0.15, 0.2) is 6.61 Å². The van der Waals surface area contributed by atoms with Gasteiger partial charge in [-0.05, 0) is 55.5 Å². The van der Waals surface area contributed by atoms with Crippen LogP contribution in [-0.2, 0) is 4.79 Å². The second-order valence-electron chi connectivity index (χ2n) is 6.11. The van der Waals surface area contributed by atoms with Crippen molar-refractivity contribution in [1.29, 1.82) is 0 Å². The molecule has 0 aliphatic heterocycles. The van der Waals surface area contributed by atoms with E-state index in [1.165, 1.54) is 0 Å². The van der Waals surface area contributed by atoms with Gasteiger partial charge in [-0.3, -0.25) is 9.59 Å². The topological polar surface area (TPSA) is 76.7 Å². The molecule has 0 heterocycles. The third kappa shape index (κ3) is 5.84. The van der Waals surface area contributed by atoms with Crippen molar-refractivity contribution >= 4 is 23.2 Å². The number of hydrogen-bond acceptors (Lipinski definition) is 4. The van der Waals surface area contributed by atoms with Crippen LogP contribution in [0.3, 0.4) is 0 Å². The molecule has 0 saturated carbocycles. The van der Waals surface area contributed by atoms with Crippen molar-refractivity contribution in [3.63, 3.8) is 0 Å². The number of carbonyl (C=O) groups excluding carboxylic acids is 2. The molecule has 0 aliphatic carbocycles. The Morgan fingerprint density at radius 1 is 0.793 bits per heavy atom. The van der Waals surface area contributed by atoms with Gasteiger partial charge in [0.1, 0.15) is 11.5 Å². The molecule has 0 radical (unpaired) electrons. The summed E-state index contributed by atoms with van der Waals surface area (Å²) in [5, 5.41) is 5.59. The Morgan fingerprint density at radius 2 is 1.48 bits per heavy atom. The molecule has 6 nitrogen and oxygen atoms in total. The predicted octanol–water partition coefficient (Wildman–Crippen LogP) is 4.36. The molecule has 0 unspecified atom stereocenters. The molecule has 2 N–H and O–H groups in total. The molecule has 0 aliphatic rings. The van der Waals surface area contributed by atoms with Gasteiger partial charge in [0.25, 0.3) is 11.8 Å². The van der Waals surface area contributed by atoms with Crippen LogP contribution < -0.4 is 20.1 Å². The number of carbonyl (C=O) groups is 2. The summed E-state index contributed by atoms with van der Waals surface area (Å²) in [6, 6.07) is 23.0. The Bertz CT molecular complexity index is 956. The Kier molecular flexibility index (Phi) is 6.84. The van der Waals surface area contributed by atoms with Crippen molar-refractivity contribution in [3.05, 3.63) is 84.4 Å². The lowest BCUT2D eigenvalue weighted by molar-refractivity contribution is -0.118. The third-order valence-corrected chi connectivity index (χ3v) is 3.98. The lowest BCUT2D eigenvalue weighted by Crippen LogP contribution is -2.20. The van der Waals surface area contributed by atoms with Crippen LogP contribution in [0.1, 0.15) is 17.3 Å². The van der Waals surface area contributed by atoms with Gasteiger partial charge in [-0.15, -0.1) is 0 Å². The van der Waals surface area contributed by atoms with Crippen LogP contribution >= 0.6 is 0 Å². The lowest BCUT2D eigenvalue weighted by Gasteiger charge is -2.12. The summed E-state index contributed by atoms with van der Waals surface area (Å²) < 4.78 is 11.0. The van der Waals surface area contributed by atoms with Crippen LogP contribution in [0.15, 0.2) is 78.9 Å². The van der Waals surface area contributed by atoms with E-state index in [-0.39, 0.29) is 18.4 Å². The van der Waals surface area contributed by atoms with E-state index in [0.29, 0.717) is 35.0 Å². The molecule has 0 aromatic heterocycles. The van der Waals surface area contributed by atoms with E-state index in [1.54, 1.807) is 48.5 Å². The molecule has 6 heteroatoms. The SMILES string of the molecule is CCOc1ccccc1NC(=O)COc1ccc(NC(=O)c2ccccc2)cc1. The lowest BCUT2D eigenvalue weighted by atomic mass is 10.2. The molecular formula is C23H22N2O4. The maximum atomic E-state index is 12.2. The average Bonchev–Trinajstić information content (AvgIpc) is 2.75. The van der Waals surface area contributed by atoms with E-state index >= 15 is 0 Å². The second kappa shape index (κ2) is 9.94. The van der Waals surface area contributed by atoms with Crippen molar-refractivity contribution < 1.29 is 19.1 Å². The first-order valence-corrected chi connectivity index (χ1v) is 9.26. The maximum absolute atomic E-state index is 12.2. The summed E-state index contributed by atoms with van der Waals surface area (Å²) in [5.41, 5.74) is 1.82. The Balaban J connectivity index is 1.51. The average molecular weight is 390 g/mol. The number of benzene rings is 3. The number of anilines is 2. The van der Waals surface area contributed by atoms with Crippen LogP contribution in [-0.4, -0.2) is 25.0 Å². The van der Waals surface area contributed by atoms with E-state index in [9.17, 15) is 9.59 Å². The molecule has 0 atom stereocenters. The monoisotopic (exact) mass is 390 g/mol. The van der Waals surface area contributed by atoms with E-state index < -0.39 is 0 Å². The van der Waals surface area contributed by atoms with Crippen molar-refractivity contribution in [1.82, 2.24) is 0 Å². The summed E-state index contributed by atoms with van der Waals surface area (Å²) in [7, 11) is 0. The van der Waals surface area contributed by atoms with Crippen LogP contribution in [0.5, 0.6) is 11.5 Å². The fraction of sp³-hybridized carbons (Fsp3) is 0.130. The summed E-state index contributed by atoms with van der Waals surface area (Å²) in [5.74, 6) is 0.656. The van der Waals surface area contributed by atoms with Crippen LogP contribution in [0.25, 0.3) is 0 Å². The first-order valence-electron chi connectivity index (χ1n) is 9.26. The highest BCUT2D eigenvalue weighted by Gasteiger charge is 2.09. The zero-order valence-corrected chi connectivity index (χ0v) is 16.1. The largest absolute Gasteiger partial charge is 0.492 e. The minimum Gasteiger partial charge on any atom is -0.492 e. The predicted molar refractivity (Wildman–Crippen MR) is 113 cm³/mol. The van der Waals surface area contributed by atoms with E-state index in [0.717, 1.165) is 0 Å². The highest BCUT2D eigenvalue weighted by atomic mass is 16.5. The number of hydrogen-bond donors (Lipinski definition) is 2. The zero-order chi connectivity index (χ0) is 20.5. The van der Waals surface area contributed by atoms with E-state index in [2.05, 4.69) is 10.6 Å². The van der Waals surface area contributed by atoms with Crippen molar-refractivity contribution in [2.45, 2.75) is 6.92 Å². The smallest absolute Gasteiger partial charge is 0.262 e. The molecule has 3 rings (SSSR count). The number of rotatable bonds is 8.